The van der Waals surface area contributed by atoms with Crippen LogP contribution in [0.3, 0.4) is 0 Å². The van der Waals surface area contributed by atoms with Crippen molar-refractivity contribution < 1.29 is 5.11 Å². The van der Waals surface area contributed by atoms with E-state index in [9.17, 15) is 5.11 Å². The predicted octanol–water partition coefficient (Wildman–Crippen LogP) is 2.66. The Labute approximate surface area is 174 Å². The van der Waals surface area contributed by atoms with Gasteiger partial charge < -0.3 is 15.7 Å². The monoisotopic (exact) mass is 475 g/mol. The van der Waals surface area contributed by atoms with E-state index in [1.165, 1.54) is 11.3 Å². The molecule has 1 heterocycles. The minimum Gasteiger partial charge on any atom is -0.393 e. The molecule has 0 aromatic carbocycles. The molecule has 0 bridgehead atoms. The molecule has 1 aromatic rings. The standard InChI is InChI=1S/C19H33N5O.HI/c1-4-20-19(21-11-14-6-5-7-18(14)25)22-16-9-8-15-12-24(13(2)3)23-17(15)10-16;/h12-14,16,18,25H,4-11H2,1-3H3,(H2,20,21,22);1H. The molecule has 1 fully saturated rings. The van der Waals surface area contributed by atoms with Crippen LogP contribution in [-0.4, -0.2) is 46.1 Å². The van der Waals surface area contributed by atoms with E-state index in [0.29, 0.717) is 24.5 Å². The highest BCUT2D eigenvalue weighted by Crippen LogP contribution is 2.25. The topological polar surface area (TPSA) is 74.5 Å². The van der Waals surface area contributed by atoms with E-state index in [2.05, 4.69) is 42.3 Å². The van der Waals surface area contributed by atoms with E-state index in [1.807, 2.05) is 0 Å². The Bertz CT molecular complexity index is 601. The zero-order valence-electron chi connectivity index (χ0n) is 16.2. The number of aromatic nitrogens is 2. The lowest BCUT2D eigenvalue weighted by atomic mass is 9.94. The lowest BCUT2D eigenvalue weighted by Crippen LogP contribution is -2.46. The van der Waals surface area contributed by atoms with Gasteiger partial charge in [0.2, 0.25) is 0 Å². The van der Waals surface area contributed by atoms with Crippen molar-refractivity contribution >= 4 is 29.9 Å². The van der Waals surface area contributed by atoms with E-state index in [-0.39, 0.29) is 30.1 Å². The molecular formula is C19H34IN5O. The van der Waals surface area contributed by atoms with Gasteiger partial charge in [0.1, 0.15) is 0 Å². The third-order valence-corrected chi connectivity index (χ3v) is 5.41. The lowest BCUT2D eigenvalue weighted by Gasteiger charge is -2.25. The number of nitrogens with one attached hydrogen (secondary N) is 2. The maximum atomic E-state index is 9.99. The van der Waals surface area contributed by atoms with Crippen LogP contribution in [0.25, 0.3) is 0 Å². The number of aryl methyl sites for hydroxylation is 1. The van der Waals surface area contributed by atoms with Crippen LogP contribution in [0.2, 0.25) is 0 Å². The van der Waals surface area contributed by atoms with Gasteiger partial charge in [0.25, 0.3) is 0 Å². The van der Waals surface area contributed by atoms with E-state index < -0.39 is 0 Å². The molecular weight excluding hydrogens is 441 g/mol. The molecule has 0 spiro atoms. The number of aliphatic imine (C=N–C) groups is 1. The highest BCUT2D eigenvalue weighted by Gasteiger charge is 2.26. The molecule has 3 rings (SSSR count). The number of aliphatic hydroxyl groups is 1. The van der Waals surface area contributed by atoms with E-state index >= 15 is 0 Å². The molecule has 3 atom stereocenters. The van der Waals surface area contributed by atoms with Crippen molar-refractivity contribution in [3.05, 3.63) is 17.5 Å². The summed E-state index contributed by atoms with van der Waals surface area (Å²) in [4.78, 5) is 4.74. The quantitative estimate of drug-likeness (QED) is 0.348. The SMILES string of the molecule is CCNC(=NCC1CCCC1O)NC1CCc2cn(C(C)C)nc2C1.I. The molecule has 6 nitrogen and oxygen atoms in total. The van der Waals surface area contributed by atoms with Crippen molar-refractivity contribution in [2.75, 3.05) is 13.1 Å². The highest BCUT2D eigenvalue weighted by molar-refractivity contribution is 14.0. The first kappa shape index (κ1) is 21.5. The minimum absolute atomic E-state index is 0. The van der Waals surface area contributed by atoms with Crippen molar-refractivity contribution in [2.24, 2.45) is 10.9 Å². The van der Waals surface area contributed by atoms with Crippen molar-refractivity contribution in [3.8, 4) is 0 Å². The normalized spacial score (nSPS) is 25.7. The molecule has 7 heteroatoms. The number of hydrogen-bond donors (Lipinski definition) is 3. The van der Waals surface area contributed by atoms with Gasteiger partial charge in [-0.2, -0.15) is 5.10 Å². The Morgan fingerprint density at radius 2 is 2.19 bits per heavy atom. The van der Waals surface area contributed by atoms with Crippen LogP contribution in [0.1, 0.15) is 63.8 Å². The first-order chi connectivity index (χ1) is 12.1. The lowest BCUT2D eigenvalue weighted by molar-refractivity contribution is 0.136. The minimum atomic E-state index is -0.177. The third kappa shape index (κ3) is 5.34. The van der Waals surface area contributed by atoms with Crippen LogP contribution < -0.4 is 10.6 Å². The first-order valence-corrected chi connectivity index (χ1v) is 9.86. The molecule has 3 unspecified atom stereocenters. The van der Waals surface area contributed by atoms with E-state index in [4.69, 9.17) is 10.1 Å². The van der Waals surface area contributed by atoms with Crippen LogP contribution in [0, 0.1) is 5.92 Å². The fourth-order valence-electron chi connectivity index (χ4n) is 3.85. The summed E-state index contributed by atoms with van der Waals surface area (Å²) in [5.74, 6) is 1.19. The fourth-order valence-corrected chi connectivity index (χ4v) is 3.85. The number of fused-ring (bicyclic) bond motifs is 1. The number of rotatable bonds is 5. The molecule has 148 valence electrons. The molecule has 1 saturated carbocycles. The maximum Gasteiger partial charge on any atom is 0.191 e. The average Bonchev–Trinajstić information content (AvgIpc) is 3.18. The van der Waals surface area contributed by atoms with Gasteiger partial charge >= 0.3 is 0 Å². The highest BCUT2D eigenvalue weighted by atomic mass is 127. The summed E-state index contributed by atoms with van der Waals surface area (Å²) in [6, 6.07) is 0.781. The van der Waals surface area contributed by atoms with Crippen molar-refractivity contribution in [3.63, 3.8) is 0 Å². The van der Waals surface area contributed by atoms with E-state index in [0.717, 1.165) is 51.0 Å². The number of guanidine groups is 1. The number of halogens is 1. The Morgan fingerprint density at radius 3 is 2.85 bits per heavy atom. The van der Waals surface area contributed by atoms with Crippen molar-refractivity contribution in [1.29, 1.82) is 0 Å². The van der Waals surface area contributed by atoms with Crippen LogP contribution in [0.4, 0.5) is 0 Å². The molecule has 0 amide bonds. The van der Waals surface area contributed by atoms with Gasteiger partial charge in [-0.05, 0) is 52.0 Å². The van der Waals surface area contributed by atoms with Gasteiger partial charge in [0.05, 0.1) is 11.8 Å². The second-order valence-corrected chi connectivity index (χ2v) is 7.74. The van der Waals surface area contributed by atoms with Gasteiger partial charge in [-0.1, -0.05) is 6.42 Å². The number of nitrogens with zero attached hydrogens (tertiary/aromatic N) is 3. The van der Waals surface area contributed by atoms with Gasteiger partial charge in [-0.25, -0.2) is 0 Å². The largest absolute Gasteiger partial charge is 0.393 e. The van der Waals surface area contributed by atoms with E-state index in [1.54, 1.807) is 0 Å². The summed E-state index contributed by atoms with van der Waals surface area (Å²) in [5.41, 5.74) is 2.61. The zero-order valence-corrected chi connectivity index (χ0v) is 18.6. The number of hydrogen-bond acceptors (Lipinski definition) is 3. The predicted molar refractivity (Wildman–Crippen MR) is 116 cm³/mol. The van der Waals surface area contributed by atoms with Crippen LogP contribution in [0.5, 0.6) is 0 Å². The molecule has 0 radical (unpaired) electrons. The summed E-state index contributed by atoms with van der Waals surface area (Å²) in [6.45, 7) is 7.98. The van der Waals surface area contributed by atoms with Gasteiger partial charge in [-0.3, -0.25) is 9.67 Å². The third-order valence-electron chi connectivity index (χ3n) is 5.41. The molecule has 0 saturated heterocycles. The van der Waals surface area contributed by atoms with Crippen molar-refractivity contribution in [2.45, 2.75) is 77.5 Å². The molecule has 26 heavy (non-hydrogen) atoms. The second-order valence-electron chi connectivity index (χ2n) is 7.74. The Balaban J connectivity index is 0.00000243. The van der Waals surface area contributed by atoms with Crippen LogP contribution >= 0.6 is 24.0 Å². The maximum absolute atomic E-state index is 9.99. The summed E-state index contributed by atoms with van der Waals surface area (Å²) < 4.78 is 2.08. The second kappa shape index (κ2) is 9.92. The van der Waals surface area contributed by atoms with Crippen molar-refractivity contribution in [1.82, 2.24) is 20.4 Å². The fraction of sp³-hybridized carbons (Fsp3) is 0.789. The number of aliphatic hydroxyl groups excluding tert-OH is 1. The smallest absolute Gasteiger partial charge is 0.191 e. The van der Waals surface area contributed by atoms with Crippen LogP contribution in [0.15, 0.2) is 11.2 Å². The van der Waals surface area contributed by atoms with Gasteiger partial charge in [-0.15, -0.1) is 24.0 Å². The molecule has 1 aromatic heterocycles. The van der Waals surface area contributed by atoms with Crippen LogP contribution in [-0.2, 0) is 12.8 Å². The molecule has 3 N–H and O–H groups in total. The Morgan fingerprint density at radius 1 is 1.38 bits per heavy atom. The average molecular weight is 475 g/mol. The summed E-state index contributed by atoms with van der Waals surface area (Å²) in [6.07, 6.45) is 8.28. The Kier molecular flexibility index (Phi) is 8.19. The molecule has 2 aliphatic rings. The summed E-state index contributed by atoms with van der Waals surface area (Å²) >= 11 is 0. The van der Waals surface area contributed by atoms with Gasteiger partial charge in [0.15, 0.2) is 5.96 Å². The van der Waals surface area contributed by atoms with Gasteiger partial charge in [0, 0.05) is 43.7 Å². The summed E-state index contributed by atoms with van der Waals surface area (Å²) in [5, 5.41) is 21.7. The zero-order chi connectivity index (χ0) is 17.8. The summed E-state index contributed by atoms with van der Waals surface area (Å²) in [7, 11) is 0. The Hall–Kier alpha value is -0.830. The molecule has 2 aliphatic carbocycles. The first-order valence-electron chi connectivity index (χ1n) is 9.86. The molecule has 0 aliphatic heterocycles.